The van der Waals surface area contributed by atoms with Gasteiger partial charge in [0.2, 0.25) is 0 Å². The first-order chi connectivity index (χ1) is 71.4. The van der Waals surface area contributed by atoms with Gasteiger partial charge in [-0.05, 0) is 125 Å². The number of hydrogen-bond acceptors (Lipinski definition) is 8. The Morgan fingerprint density at radius 1 is 0.174 bits per heavy atom. The molecule has 0 saturated carbocycles. The van der Waals surface area contributed by atoms with Crippen molar-refractivity contribution in [2.24, 2.45) is 0 Å². The van der Waals surface area contributed by atoms with Gasteiger partial charge in [0.05, 0.1) is 33.5 Å². The van der Waals surface area contributed by atoms with Gasteiger partial charge in [-0.25, -0.2) is 24.9 Å². The van der Waals surface area contributed by atoms with Crippen LogP contribution in [0.3, 0.4) is 0 Å². The summed E-state index contributed by atoms with van der Waals surface area (Å²) in [6.45, 7) is 0. The molecule has 0 aliphatic rings. The zero-order chi connectivity index (χ0) is 95.1. The minimum absolute atomic E-state index is 0.293. The molecule has 9 aromatic heterocycles. The maximum atomic E-state index is 5.29. The van der Waals surface area contributed by atoms with Crippen LogP contribution in [0.1, 0.15) is 0 Å². The summed E-state index contributed by atoms with van der Waals surface area (Å²) in [7, 11) is 0. The van der Waals surface area contributed by atoms with Gasteiger partial charge in [-0.2, -0.15) is 0 Å². The number of nitrogens with zero attached hydrogens (tertiary/aromatic N) is 9. The van der Waals surface area contributed by atoms with E-state index in [4.69, 9.17) is 29.9 Å². The number of hydrogen-bond donors (Lipinski definition) is 0. The van der Waals surface area contributed by atoms with Crippen LogP contribution in [0.25, 0.3) is 266 Å². The number of rotatable bonds is 14. The van der Waals surface area contributed by atoms with Gasteiger partial charge in [0, 0.05) is 107 Å². The van der Waals surface area contributed by atoms with Crippen molar-refractivity contribution in [2.45, 2.75) is 0 Å². The number of thiophene rings is 2. The topological polar surface area (TPSA) is 92.1 Å². The van der Waals surface area contributed by atoms with Crippen LogP contribution in [0.15, 0.2) is 504 Å². The number of fused-ring (bicyclic) bond motifs is 18. The molecule has 0 aliphatic carbocycles. The van der Waals surface area contributed by atoms with Gasteiger partial charge >= 0.3 is 226 Å². The second kappa shape index (κ2) is 36.3. The fraction of sp³-hybridized carbons (Fsp3) is 0. The molecule has 9 nitrogen and oxygen atoms in total. The zero-order valence-corrected chi connectivity index (χ0v) is 81.0. The van der Waals surface area contributed by atoms with Crippen LogP contribution in [-0.4, -0.2) is 58.1 Å². The van der Waals surface area contributed by atoms with E-state index in [0.717, 1.165) is 89.8 Å². The van der Waals surface area contributed by atoms with Gasteiger partial charge in [-0.3, -0.25) is 0 Å². The third-order valence-corrected chi connectivity index (χ3v) is 32.7. The van der Waals surface area contributed by atoms with E-state index in [2.05, 4.69) is 420 Å². The first-order valence-electron chi connectivity index (χ1n) is 48.4. The number of benzene rings is 20. The van der Waals surface area contributed by atoms with Crippen molar-refractivity contribution in [3.8, 4) is 141 Å². The third-order valence-electron chi connectivity index (χ3n) is 27.7. The summed E-state index contributed by atoms with van der Waals surface area (Å²) in [5, 5.41) is 15.5. The van der Waals surface area contributed by atoms with Gasteiger partial charge in [-0.1, -0.05) is 279 Å². The van der Waals surface area contributed by atoms with Crippen LogP contribution in [0.2, 0.25) is 0 Å². The molecule has 0 amide bonds. The van der Waals surface area contributed by atoms with Gasteiger partial charge in [0.25, 0.3) is 0 Å². The predicted octanol–water partition coefficient (Wildman–Crippen LogP) is 35.2. The summed E-state index contributed by atoms with van der Waals surface area (Å²) < 4.78 is 15.3. The minimum Gasteiger partial charge on any atom is -0.309 e. The molecular weight excluding hydrogens is 1850 g/mol. The van der Waals surface area contributed by atoms with Crippen LogP contribution in [-0.2, 0) is 0 Å². The molecule has 29 aromatic rings. The summed E-state index contributed by atoms with van der Waals surface area (Å²) >= 11 is 4.04. The molecule has 0 N–H and O–H groups in total. The normalized spacial score (nSPS) is 11.6. The van der Waals surface area contributed by atoms with Crippen LogP contribution in [0.5, 0.6) is 0 Å². The molecule has 0 fully saturated rings. The molecule has 0 aliphatic heterocycles. The SMILES string of the molecule is c1ccc(-c2cc(-c3ccccc3)nc(-c3ccc(-n4c5ccccc5c5cc(-c6cccc7c6sc6ccccc67)ccc54)cc3)n2)cc1.c1ccc(-c2cc(-c3ccccc3)nc(-n3c4ccccc4c4cc(-c5cccc6c5[se]c5ccccc56)ccc43)c2)cc1.c1ccc(-c2nc(-c3ccccc3)nc(-c3ccc(-n4c5ccccc5c5cc(-c6cccc7c6sc6ccccc67)ccc54)cc3)n2)cc1. The summed E-state index contributed by atoms with van der Waals surface area (Å²) in [4.78, 5) is 30.1. The summed E-state index contributed by atoms with van der Waals surface area (Å²) in [6.07, 6.45) is 0. The average molecular weight is 1940 g/mol. The molecule has 9 heterocycles. The van der Waals surface area contributed by atoms with Gasteiger partial charge in [-0.15, -0.1) is 22.7 Å². The Balaban J connectivity index is 0.000000108. The molecule has 0 saturated heterocycles. The Bertz CT molecular complexity index is 9440. The Morgan fingerprint density at radius 2 is 0.486 bits per heavy atom. The van der Waals surface area contributed by atoms with Crippen molar-refractivity contribution in [1.29, 1.82) is 0 Å². The van der Waals surface area contributed by atoms with Crippen LogP contribution >= 0.6 is 22.7 Å². The fourth-order valence-corrected chi connectivity index (χ4v) is 26.0. The maximum absolute atomic E-state index is 5.29. The molecule has 0 bridgehead atoms. The summed E-state index contributed by atoms with van der Waals surface area (Å²) in [5.41, 5.74) is 29.0. The molecule has 0 unspecified atom stereocenters. The molecule has 20 aromatic carbocycles. The van der Waals surface area contributed by atoms with E-state index in [1.807, 2.05) is 120 Å². The molecule has 144 heavy (non-hydrogen) atoms. The second-order valence-electron chi connectivity index (χ2n) is 36.3. The monoisotopic (exact) mass is 1940 g/mol. The van der Waals surface area contributed by atoms with Crippen LogP contribution < -0.4 is 0 Å². The van der Waals surface area contributed by atoms with Crippen molar-refractivity contribution >= 4 is 162 Å². The van der Waals surface area contributed by atoms with Gasteiger partial charge < -0.3 is 9.13 Å². The molecule has 12 heteroatoms. The van der Waals surface area contributed by atoms with E-state index in [1.165, 1.54) is 153 Å². The van der Waals surface area contributed by atoms with E-state index in [0.29, 0.717) is 37.8 Å². The second-order valence-corrected chi connectivity index (χ2v) is 40.6. The Hall–Kier alpha value is -18.0. The number of aromatic nitrogens is 9. The molecule has 0 atom stereocenters. The summed E-state index contributed by atoms with van der Waals surface area (Å²) in [6, 6.07) is 179. The molecular formula is C132H83N9S2Se. The Morgan fingerprint density at radius 3 is 0.931 bits per heavy atom. The van der Waals surface area contributed by atoms with Crippen molar-refractivity contribution in [3.63, 3.8) is 0 Å². The third kappa shape index (κ3) is 15.4. The predicted molar refractivity (Wildman–Crippen MR) is 607 cm³/mol. The van der Waals surface area contributed by atoms with Crippen molar-refractivity contribution in [1.82, 2.24) is 43.6 Å². The smallest absolute Gasteiger partial charge is 0.309 e. The fourth-order valence-electron chi connectivity index (χ4n) is 20.9. The van der Waals surface area contributed by atoms with Crippen molar-refractivity contribution in [2.75, 3.05) is 0 Å². The van der Waals surface area contributed by atoms with Crippen molar-refractivity contribution < 1.29 is 0 Å². The van der Waals surface area contributed by atoms with E-state index < -0.39 is 0 Å². The molecule has 29 rings (SSSR count). The first kappa shape index (κ1) is 85.2. The molecule has 0 radical (unpaired) electrons. The van der Waals surface area contributed by atoms with Crippen molar-refractivity contribution in [3.05, 3.63) is 504 Å². The molecule has 674 valence electrons. The summed E-state index contributed by atoms with van der Waals surface area (Å²) in [5.74, 6) is 3.58. The number of pyridine rings is 1. The minimum atomic E-state index is 0.293. The Labute approximate surface area is 843 Å². The van der Waals surface area contributed by atoms with E-state index in [1.54, 1.807) is 0 Å². The van der Waals surface area contributed by atoms with Gasteiger partial charge in [0.1, 0.15) is 0 Å². The van der Waals surface area contributed by atoms with Gasteiger partial charge in [0.15, 0.2) is 23.3 Å². The molecule has 0 spiro atoms. The zero-order valence-electron chi connectivity index (χ0n) is 77.7. The quantitative estimate of drug-likeness (QED) is 0.101. The van der Waals surface area contributed by atoms with E-state index in [-0.39, 0.29) is 0 Å². The van der Waals surface area contributed by atoms with Crippen LogP contribution in [0.4, 0.5) is 0 Å². The average Bonchev–Trinajstić information content (AvgIpc) is 1.59. The van der Waals surface area contributed by atoms with E-state index >= 15 is 0 Å². The van der Waals surface area contributed by atoms with E-state index in [9.17, 15) is 0 Å². The number of para-hydroxylation sites is 3. The van der Waals surface area contributed by atoms with Crippen LogP contribution in [0, 0.1) is 0 Å². The standard InChI is InChI=1S/C46H29N3S.C45H28N4S.C41H26N2Se/c1-3-12-30(13-4-1)40-29-41(31-14-5-2-6-15-31)48-46(47-40)32-22-25-34(26-23-32)49-42-20-9-7-16-36(42)39-28-33(24-27-43(39)49)35-18-11-19-38-37-17-8-10-21-44(37)50-45(35)38;1-3-12-29(13-4-1)43-46-44(30-14-5-2-6-15-30)48-45(47-43)31-22-25-33(26-23-31)49-39-20-9-7-16-35(39)38-28-32(24-27-40(38)49)34-18-11-19-37-36-17-8-10-21-41(36)50-42(34)37;1-3-12-27(13-4-1)30-25-36(28-14-5-2-6-15-28)42-40(26-30)43-37-20-9-7-16-32(37)35-24-29(22-23-38(35)43)31-18-11-19-34-33-17-8-10-21-39(33)44-41(31)34/h1-29H;1-28H;1-26H. The first-order valence-corrected chi connectivity index (χ1v) is 51.8. The Kier molecular flexibility index (Phi) is 21.5.